The van der Waals surface area contributed by atoms with E-state index in [0.717, 1.165) is 30.7 Å². The highest BCUT2D eigenvalue weighted by molar-refractivity contribution is 6.30. The van der Waals surface area contributed by atoms with Gasteiger partial charge in [-0.3, -0.25) is 4.79 Å². The van der Waals surface area contributed by atoms with Crippen molar-refractivity contribution in [1.29, 1.82) is 0 Å². The van der Waals surface area contributed by atoms with Gasteiger partial charge in [-0.1, -0.05) is 24.9 Å². The molecule has 1 aliphatic heterocycles. The lowest BCUT2D eigenvalue weighted by molar-refractivity contribution is -0.129. The number of ether oxygens (including phenoxy) is 1. The van der Waals surface area contributed by atoms with Gasteiger partial charge in [0.05, 0.1) is 13.2 Å². The lowest BCUT2D eigenvalue weighted by Gasteiger charge is -2.28. The normalized spacial score (nSPS) is 22.4. The topological polar surface area (TPSA) is 55.6 Å². The fourth-order valence-electron chi connectivity index (χ4n) is 2.74. The second kappa shape index (κ2) is 6.46. The maximum Gasteiger partial charge on any atom is 0.224 e. The average molecular weight is 297 g/mol. The predicted octanol–water partition coefficient (Wildman–Crippen LogP) is 2.75. The molecule has 2 rings (SSSR count). The van der Waals surface area contributed by atoms with E-state index in [1.807, 2.05) is 17.0 Å². The Morgan fingerprint density at radius 3 is 2.90 bits per heavy atom. The van der Waals surface area contributed by atoms with Crippen molar-refractivity contribution in [2.45, 2.75) is 38.3 Å². The first-order chi connectivity index (χ1) is 9.58. The molecule has 2 atom stereocenters. The van der Waals surface area contributed by atoms with Crippen LogP contribution in [0.25, 0.3) is 0 Å². The highest BCUT2D eigenvalue weighted by atomic mass is 35.5. The lowest BCUT2D eigenvalue weighted by Crippen LogP contribution is -2.34. The molecule has 2 unspecified atom stereocenters. The number of nitrogens with zero attached hydrogens (tertiary/aromatic N) is 1. The van der Waals surface area contributed by atoms with Crippen LogP contribution in [0.15, 0.2) is 18.2 Å². The van der Waals surface area contributed by atoms with Gasteiger partial charge in [0.15, 0.2) is 0 Å². The van der Waals surface area contributed by atoms with Crippen molar-refractivity contribution >= 4 is 17.5 Å². The molecule has 4 nitrogen and oxygen atoms in total. The molecular weight excluding hydrogens is 276 g/mol. The summed E-state index contributed by atoms with van der Waals surface area (Å²) in [4.78, 5) is 14.0. The van der Waals surface area contributed by atoms with Crippen LogP contribution in [0.4, 0.5) is 0 Å². The molecule has 20 heavy (non-hydrogen) atoms. The molecule has 1 amide bonds. The van der Waals surface area contributed by atoms with Gasteiger partial charge in [-0.25, -0.2) is 0 Å². The maximum atomic E-state index is 12.1. The number of carbonyl (C=O) groups is 1. The molecule has 1 aromatic carbocycles. The van der Waals surface area contributed by atoms with Crippen LogP contribution in [0, 0.1) is 0 Å². The number of halogens is 1. The first kappa shape index (κ1) is 15.1. The highest BCUT2D eigenvalue weighted by Crippen LogP contribution is 2.38. The number of amides is 1. The molecule has 1 aliphatic rings. The van der Waals surface area contributed by atoms with Gasteiger partial charge in [0, 0.05) is 29.6 Å². The van der Waals surface area contributed by atoms with Gasteiger partial charge in [-0.15, -0.1) is 0 Å². The summed E-state index contributed by atoms with van der Waals surface area (Å²) in [6.07, 6.45) is 2.39. The number of likely N-dealkylation sites (tertiary alicyclic amines) is 1. The van der Waals surface area contributed by atoms with E-state index in [9.17, 15) is 4.79 Å². The Balaban J connectivity index is 2.37. The van der Waals surface area contributed by atoms with E-state index in [2.05, 4.69) is 6.92 Å². The Kier molecular flexibility index (Phi) is 4.89. The molecule has 0 saturated carbocycles. The van der Waals surface area contributed by atoms with Crippen molar-refractivity contribution in [3.8, 4) is 5.75 Å². The van der Waals surface area contributed by atoms with Crippen molar-refractivity contribution < 1.29 is 9.53 Å². The van der Waals surface area contributed by atoms with Crippen molar-refractivity contribution in [3.63, 3.8) is 0 Å². The number of hydrogen-bond acceptors (Lipinski definition) is 3. The number of benzene rings is 1. The maximum absolute atomic E-state index is 12.1. The summed E-state index contributed by atoms with van der Waals surface area (Å²) in [6.45, 7) is 2.83. The predicted molar refractivity (Wildman–Crippen MR) is 80.0 cm³/mol. The van der Waals surface area contributed by atoms with E-state index < -0.39 is 0 Å². The zero-order valence-electron chi connectivity index (χ0n) is 11.9. The molecule has 0 aromatic heterocycles. The van der Waals surface area contributed by atoms with E-state index in [0.29, 0.717) is 11.4 Å². The van der Waals surface area contributed by atoms with E-state index in [4.69, 9.17) is 22.1 Å². The SMILES string of the molecule is CCCCN1C(=O)CC(N)C1c1cc(Cl)ccc1OC. The van der Waals surface area contributed by atoms with Gasteiger partial charge >= 0.3 is 0 Å². The Morgan fingerprint density at radius 2 is 2.25 bits per heavy atom. The van der Waals surface area contributed by atoms with Crippen molar-refractivity contribution in [3.05, 3.63) is 28.8 Å². The Labute approximate surface area is 124 Å². The molecule has 0 aliphatic carbocycles. The standard InChI is InChI=1S/C15H21ClN2O2/c1-3-4-7-18-14(19)9-12(17)15(18)11-8-10(16)5-6-13(11)20-2/h5-6,8,12,15H,3-4,7,9,17H2,1-2H3. The number of carbonyl (C=O) groups excluding carboxylic acids is 1. The van der Waals surface area contributed by atoms with Crippen LogP contribution in [0.1, 0.15) is 37.8 Å². The number of rotatable bonds is 5. The number of unbranched alkanes of at least 4 members (excludes halogenated alkanes) is 1. The van der Waals surface area contributed by atoms with Crippen molar-refractivity contribution in [2.75, 3.05) is 13.7 Å². The quantitative estimate of drug-likeness (QED) is 0.909. The van der Waals surface area contributed by atoms with Gasteiger partial charge in [0.25, 0.3) is 0 Å². The molecule has 0 spiro atoms. The second-order valence-corrected chi connectivity index (χ2v) is 5.58. The summed E-state index contributed by atoms with van der Waals surface area (Å²) < 4.78 is 5.40. The minimum Gasteiger partial charge on any atom is -0.496 e. The van der Waals surface area contributed by atoms with Gasteiger partial charge in [-0.05, 0) is 24.6 Å². The molecular formula is C15H21ClN2O2. The van der Waals surface area contributed by atoms with Crippen LogP contribution in [0.3, 0.4) is 0 Å². The Bertz CT molecular complexity index is 493. The second-order valence-electron chi connectivity index (χ2n) is 5.14. The van der Waals surface area contributed by atoms with Crippen LogP contribution in [-0.4, -0.2) is 30.5 Å². The smallest absolute Gasteiger partial charge is 0.224 e. The van der Waals surface area contributed by atoms with E-state index in [1.165, 1.54) is 0 Å². The number of hydrogen-bond donors (Lipinski definition) is 1. The minimum atomic E-state index is -0.216. The van der Waals surface area contributed by atoms with E-state index in [1.54, 1.807) is 13.2 Å². The number of nitrogens with two attached hydrogens (primary N) is 1. The van der Waals surface area contributed by atoms with Gasteiger partial charge < -0.3 is 15.4 Å². The monoisotopic (exact) mass is 296 g/mol. The summed E-state index contributed by atoms with van der Waals surface area (Å²) in [7, 11) is 1.62. The van der Waals surface area contributed by atoms with E-state index >= 15 is 0 Å². The molecule has 1 saturated heterocycles. The van der Waals surface area contributed by atoms with Gasteiger partial charge in [0.2, 0.25) is 5.91 Å². The summed E-state index contributed by atoms with van der Waals surface area (Å²) in [5.74, 6) is 0.837. The molecule has 5 heteroatoms. The first-order valence-corrected chi connectivity index (χ1v) is 7.34. The van der Waals surface area contributed by atoms with Crippen LogP contribution in [-0.2, 0) is 4.79 Å². The summed E-state index contributed by atoms with van der Waals surface area (Å²) in [5.41, 5.74) is 7.07. The van der Waals surface area contributed by atoms with Gasteiger partial charge in [0.1, 0.15) is 5.75 Å². The fourth-order valence-corrected chi connectivity index (χ4v) is 2.92. The van der Waals surface area contributed by atoms with Crippen LogP contribution < -0.4 is 10.5 Å². The lowest BCUT2D eigenvalue weighted by atomic mass is 9.99. The molecule has 110 valence electrons. The zero-order chi connectivity index (χ0) is 14.7. The molecule has 0 radical (unpaired) electrons. The molecule has 1 heterocycles. The third-order valence-electron chi connectivity index (χ3n) is 3.73. The molecule has 1 fully saturated rings. The number of methoxy groups -OCH3 is 1. The molecule has 2 N–H and O–H groups in total. The fraction of sp³-hybridized carbons (Fsp3) is 0.533. The summed E-state index contributed by atoms with van der Waals surface area (Å²) in [5, 5.41) is 0.628. The Morgan fingerprint density at radius 1 is 1.50 bits per heavy atom. The van der Waals surface area contributed by atoms with Gasteiger partial charge in [-0.2, -0.15) is 0 Å². The highest BCUT2D eigenvalue weighted by Gasteiger charge is 2.39. The first-order valence-electron chi connectivity index (χ1n) is 6.97. The third kappa shape index (κ3) is 2.91. The van der Waals surface area contributed by atoms with Crippen LogP contribution >= 0.6 is 11.6 Å². The largest absolute Gasteiger partial charge is 0.496 e. The van der Waals surface area contributed by atoms with Crippen LogP contribution in [0.2, 0.25) is 5.02 Å². The average Bonchev–Trinajstić information content (AvgIpc) is 2.70. The summed E-state index contributed by atoms with van der Waals surface area (Å²) in [6, 6.07) is 5.09. The molecule has 0 bridgehead atoms. The third-order valence-corrected chi connectivity index (χ3v) is 3.97. The van der Waals surface area contributed by atoms with E-state index in [-0.39, 0.29) is 18.0 Å². The van der Waals surface area contributed by atoms with Crippen molar-refractivity contribution in [2.24, 2.45) is 5.73 Å². The minimum absolute atomic E-state index is 0.109. The summed E-state index contributed by atoms with van der Waals surface area (Å²) >= 11 is 6.09. The molecule has 1 aromatic rings. The van der Waals surface area contributed by atoms with Crippen LogP contribution in [0.5, 0.6) is 5.75 Å². The Hall–Kier alpha value is -1.26. The van der Waals surface area contributed by atoms with Crippen molar-refractivity contribution in [1.82, 2.24) is 4.90 Å². The zero-order valence-corrected chi connectivity index (χ0v) is 12.7.